The van der Waals surface area contributed by atoms with Crippen molar-refractivity contribution in [1.29, 1.82) is 0 Å². The Balaban J connectivity index is 2.05. The van der Waals surface area contributed by atoms with Gasteiger partial charge < -0.3 is 10.2 Å². The van der Waals surface area contributed by atoms with Gasteiger partial charge in [-0.05, 0) is 19.4 Å². The lowest BCUT2D eigenvalue weighted by molar-refractivity contribution is -0.958. The third-order valence-electron chi connectivity index (χ3n) is 3.35. The number of quaternary nitrogens is 2. The van der Waals surface area contributed by atoms with Crippen molar-refractivity contribution in [2.24, 2.45) is 0 Å². The van der Waals surface area contributed by atoms with Crippen molar-refractivity contribution >= 4 is 0 Å². The van der Waals surface area contributed by atoms with E-state index in [2.05, 4.69) is 37.4 Å². The van der Waals surface area contributed by atoms with E-state index >= 15 is 0 Å². The van der Waals surface area contributed by atoms with Gasteiger partial charge in [0.1, 0.15) is 32.7 Å². The second kappa shape index (κ2) is 4.77. The van der Waals surface area contributed by atoms with Gasteiger partial charge in [-0.1, -0.05) is 23.8 Å². The summed E-state index contributed by atoms with van der Waals surface area (Å²) in [5.74, 6) is 0. The summed E-state index contributed by atoms with van der Waals surface area (Å²) in [5, 5.41) is 2.42. The highest BCUT2D eigenvalue weighted by Crippen LogP contribution is 2.09. The third kappa shape index (κ3) is 2.80. The number of nitrogens with two attached hydrogens (primary N) is 1. The van der Waals surface area contributed by atoms with E-state index in [4.69, 9.17) is 0 Å². The molecule has 1 aromatic carbocycles. The van der Waals surface area contributed by atoms with E-state index in [1.807, 2.05) is 0 Å². The van der Waals surface area contributed by atoms with Crippen LogP contribution < -0.4 is 10.2 Å². The van der Waals surface area contributed by atoms with Crippen LogP contribution in [-0.2, 0) is 6.54 Å². The molecule has 0 bridgehead atoms. The Morgan fingerprint density at radius 2 is 1.93 bits per heavy atom. The first kappa shape index (κ1) is 10.7. The first-order valence-corrected chi connectivity index (χ1v) is 5.97. The predicted octanol–water partition coefficient (Wildman–Crippen LogP) is -0.735. The van der Waals surface area contributed by atoms with Gasteiger partial charge in [-0.2, -0.15) is 0 Å². The molecule has 15 heavy (non-hydrogen) atoms. The van der Waals surface area contributed by atoms with Crippen LogP contribution in [0.15, 0.2) is 18.2 Å². The zero-order valence-corrected chi connectivity index (χ0v) is 9.84. The van der Waals surface area contributed by atoms with E-state index in [-0.39, 0.29) is 0 Å². The first-order valence-electron chi connectivity index (χ1n) is 5.97. The standard InChI is InChI=1S/C13H20N2/c1-11-3-4-12(2)13(9-11)10-15-7-5-14-6-8-15/h3-4,9,14H,5-8,10H2,1-2H3/p+2. The maximum atomic E-state index is 2.42. The fourth-order valence-corrected chi connectivity index (χ4v) is 2.32. The van der Waals surface area contributed by atoms with Gasteiger partial charge in [-0.15, -0.1) is 0 Å². The Kier molecular flexibility index (Phi) is 3.39. The molecule has 0 aliphatic carbocycles. The summed E-state index contributed by atoms with van der Waals surface area (Å²) in [7, 11) is 0. The Bertz CT molecular complexity index is 327. The van der Waals surface area contributed by atoms with Gasteiger partial charge in [0.05, 0.1) is 0 Å². The molecule has 3 N–H and O–H groups in total. The van der Waals surface area contributed by atoms with Gasteiger partial charge in [0.25, 0.3) is 0 Å². The molecule has 0 unspecified atom stereocenters. The van der Waals surface area contributed by atoms with Crippen LogP contribution in [0.5, 0.6) is 0 Å². The van der Waals surface area contributed by atoms with Gasteiger partial charge in [0, 0.05) is 5.56 Å². The number of hydrogen-bond donors (Lipinski definition) is 2. The molecule has 82 valence electrons. The normalized spacial score (nSPS) is 18.0. The average Bonchev–Trinajstić information content (AvgIpc) is 2.25. The monoisotopic (exact) mass is 206 g/mol. The van der Waals surface area contributed by atoms with E-state index < -0.39 is 0 Å². The van der Waals surface area contributed by atoms with Gasteiger partial charge in [0.2, 0.25) is 0 Å². The van der Waals surface area contributed by atoms with E-state index in [0.717, 1.165) is 0 Å². The summed E-state index contributed by atoms with van der Waals surface area (Å²) in [5.41, 5.74) is 4.37. The van der Waals surface area contributed by atoms with E-state index in [0.29, 0.717) is 0 Å². The summed E-state index contributed by atoms with van der Waals surface area (Å²) >= 11 is 0. The predicted molar refractivity (Wildman–Crippen MR) is 62.0 cm³/mol. The number of rotatable bonds is 2. The molecule has 2 nitrogen and oxygen atoms in total. The van der Waals surface area contributed by atoms with E-state index in [1.54, 1.807) is 4.90 Å². The molecule has 1 aromatic rings. The Hall–Kier alpha value is -0.860. The van der Waals surface area contributed by atoms with Crippen molar-refractivity contribution in [2.75, 3.05) is 26.2 Å². The van der Waals surface area contributed by atoms with Crippen LogP contribution in [-0.4, -0.2) is 26.2 Å². The van der Waals surface area contributed by atoms with Crippen molar-refractivity contribution in [3.63, 3.8) is 0 Å². The molecule has 1 fully saturated rings. The Morgan fingerprint density at radius 1 is 1.20 bits per heavy atom. The molecule has 1 saturated heterocycles. The third-order valence-corrected chi connectivity index (χ3v) is 3.35. The molecule has 0 aromatic heterocycles. The molecular weight excluding hydrogens is 184 g/mol. The van der Waals surface area contributed by atoms with Crippen molar-refractivity contribution in [3.05, 3.63) is 34.9 Å². The number of hydrogen-bond acceptors (Lipinski definition) is 0. The minimum Gasteiger partial charge on any atom is -0.337 e. The summed E-state index contributed by atoms with van der Waals surface area (Å²) in [6, 6.07) is 6.80. The summed E-state index contributed by atoms with van der Waals surface area (Å²) in [4.78, 5) is 1.74. The molecular formula is C13H22N2+2. The number of piperazine rings is 1. The highest BCUT2D eigenvalue weighted by Gasteiger charge is 2.16. The quantitative estimate of drug-likeness (QED) is 0.636. The lowest BCUT2D eigenvalue weighted by atomic mass is 10.1. The molecule has 0 saturated carbocycles. The van der Waals surface area contributed by atoms with Crippen molar-refractivity contribution in [3.8, 4) is 0 Å². The minimum atomic E-state index is 1.21. The van der Waals surface area contributed by atoms with Gasteiger partial charge in [-0.3, -0.25) is 0 Å². The Labute approximate surface area is 92.3 Å². The molecule has 0 spiro atoms. The minimum absolute atomic E-state index is 1.21. The zero-order valence-electron chi connectivity index (χ0n) is 9.84. The van der Waals surface area contributed by atoms with Crippen molar-refractivity contribution < 1.29 is 10.2 Å². The SMILES string of the molecule is Cc1ccc(C)c(C[NH+]2CC[NH2+]CC2)c1. The molecule has 1 aliphatic heterocycles. The average molecular weight is 206 g/mol. The maximum Gasteiger partial charge on any atom is 0.127 e. The number of nitrogens with one attached hydrogen (secondary N) is 1. The van der Waals surface area contributed by atoms with Crippen LogP contribution in [0.1, 0.15) is 16.7 Å². The van der Waals surface area contributed by atoms with Crippen LogP contribution in [0.3, 0.4) is 0 Å². The second-order valence-electron chi connectivity index (χ2n) is 4.72. The van der Waals surface area contributed by atoms with Crippen LogP contribution in [0.2, 0.25) is 0 Å². The smallest absolute Gasteiger partial charge is 0.127 e. The van der Waals surface area contributed by atoms with Gasteiger partial charge >= 0.3 is 0 Å². The lowest BCUT2D eigenvalue weighted by Crippen LogP contribution is -3.19. The molecule has 2 heteroatoms. The topological polar surface area (TPSA) is 21.1 Å². The first-order chi connectivity index (χ1) is 7.25. The molecule has 1 aliphatic rings. The van der Waals surface area contributed by atoms with E-state index in [9.17, 15) is 0 Å². The van der Waals surface area contributed by atoms with Gasteiger partial charge in [0.15, 0.2) is 0 Å². The molecule has 0 amide bonds. The van der Waals surface area contributed by atoms with Crippen molar-refractivity contribution in [1.82, 2.24) is 0 Å². The van der Waals surface area contributed by atoms with Crippen LogP contribution in [0, 0.1) is 13.8 Å². The molecule has 2 rings (SSSR count). The fraction of sp³-hybridized carbons (Fsp3) is 0.538. The Morgan fingerprint density at radius 3 is 2.67 bits per heavy atom. The highest BCUT2D eigenvalue weighted by molar-refractivity contribution is 5.29. The lowest BCUT2D eigenvalue weighted by Gasteiger charge is -2.23. The number of aryl methyl sites for hydroxylation is 2. The summed E-state index contributed by atoms with van der Waals surface area (Å²) < 4.78 is 0. The van der Waals surface area contributed by atoms with Gasteiger partial charge in [-0.25, -0.2) is 0 Å². The molecule has 0 atom stereocenters. The zero-order chi connectivity index (χ0) is 10.7. The van der Waals surface area contributed by atoms with Crippen LogP contribution in [0.4, 0.5) is 0 Å². The van der Waals surface area contributed by atoms with Crippen LogP contribution >= 0.6 is 0 Å². The fourth-order valence-electron chi connectivity index (χ4n) is 2.32. The van der Waals surface area contributed by atoms with Crippen molar-refractivity contribution in [2.45, 2.75) is 20.4 Å². The largest absolute Gasteiger partial charge is 0.337 e. The van der Waals surface area contributed by atoms with E-state index in [1.165, 1.54) is 49.4 Å². The molecule has 1 heterocycles. The second-order valence-corrected chi connectivity index (χ2v) is 4.72. The summed E-state index contributed by atoms with van der Waals surface area (Å²) in [6.45, 7) is 10.8. The van der Waals surface area contributed by atoms with Crippen LogP contribution in [0.25, 0.3) is 0 Å². The molecule has 0 radical (unpaired) electrons. The highest BCUT2D eigenvalue weighted by atomic mass is 15.2. The summed E-state index contributed by atoms with van der Waals surface area (Å²) in [6.07, 6.45) is 0. The maximum absolute atomic E-state index is 2.42. The number of benzene rings is 1.